The van der Waals surface area contributed by atoms with Gasteiger partial charge < -0.3 is 11.5 Å². The molecule has 0 aliphatic heterocycles. The molecule has 1 heterocycles. The predicted octanol–water partition coefficient (Wildman–Crippen LogP) is 1.51. The number of rotatable bonds is 3. The van der Waals surface area contributed by atoms with Crippen molar-refractivity contribution in [3.8, 4) is 0 Å². The van der Waals surface area contributed by atoms with E-state index in [1.807, 2.05) is 0 Å². The van der Waals surface area contributed by atoms with Crippen LogP contribution >= 0.6 is 11.8 Å². The van der Waals surface area contributed by atoms with Crippen LogP contribution in [0.25, 0.3) is 0 Å². The van der Waals surface area contributed by atoms with Crippen LogP contribution < -0.4 is 11.5 Å². The number of aromatic nitrogens is 2. The van der Waals surface area contributed by atoms with Crippen molar-refractivity contribution in [3.63, 3.8) is 0 Å². The highest BCUT2D eigenvalue weighted by Crippen LogP contribution is 2.29. The lowest BCUT2D eigenvalue weighted by atomic mass is 9.89. The van der Waals surface area contributed by atoms with Crippen molar-refractivity contribution in [3.05, 3.63) is 5.56 Å². The van der Waals surface area contributed by atoms with Crippen LogP contribution in [0.3, 0.4) is 0 Å². The number of nitrogens with zero attached hydrogens (tertiary/aromatic N) is 2. The highest BCUT2D eigenvalue weighted by molar-refractivity contribution is 7.98. The zero-order valence-corrected chi connectivity index (χ0v) is 11.7. The summed E-state index contributed by atoms with van der Waals surface area (Å²) in [6.07, 6.45) is 6.76. The van der Waals surface area contributed by atoms with Gasteiger partial charge in [-0.05, 0) is 19.1 Å². The number of anilines is 1. The number of hydrogen-bond donors (Lipinski definition) is 2. The van der Waals surface area contributed by atoms with E-state index in [9.17, 15) is 9.59 Å². The smallest absolute Gasteiger partial charge is 0.255 e. The molecule has 6 nitrogen and oxygen atoms in total. The van der Waals surface area contributed by atoms with E-state index >= 15 is 0 Å². The van der Waals surface area contributed by atoms with Crippen LogP contribution in [0.15, 0.2) is 5.03 Å². The molecule has 104 valence electrons. The minimum atomic E-state index is -0.649. The Balaban J connectivity index is 2.34. The second-order valence-electron chi connectivity index (χ2n) is 4.72. The van der Waals surface area contributed by atoms with Gasteiger partial charge in [0.15, 0.2) is 0 Å². The molecule has 7 heteroatoms. The van der Waals surface area contributed by atoms with Crippen LogP contribution in [0.2, 0.25) is 0 Å². The van der Waals surface area contributed by atoms with Crippen molar-refractivity contribution in [1.29, 1.82) is 0 Å². The maximum absolute atomic E-state index is 12.4. The Morgan fingerprint density at radius 1 is 1.32 bits per heavy atom. The van der Waals surface area contributed by atoms with Crippen molar-refractivity contribution in [2.24, 2.45) is 11.7 Å². The molecule has 1 amide bonds. The van der Waals surface area contributed by atoms with Gasteiger partial charge in [0.1, 0.15) is 16.4 Å². The Hall–Kier alpha value is -1.50. The van der Waals surface area contributed by atoms with E-state index in [2.05, 4.69) is 5.10 Å². The second kappa shape index (κ2) is 5.64. The molecule has 4 N–H and O–H groups in total. The fraction of sp³-hybridized carbons (Fsp3) is 0.583. The summed E-state index contributed by atoms with van der Waals surface area (Å²) in [5, 5.41) is 4.54. The van der Waals surface area contributed by atoms with Crippen LogP contribution in [-0.2, 0) is 0 Å². The van der Waals surface area contributed by atoms with Crippen LogP contribution in [0, 0.1) is 5.92 Å². The molecule has 0 unspecified atom stereocenters. The summed E-state index contributed by atoms with van der Waals surface area (Å²) in [6, 6.07) is 0. The zero-order chi connectivity index (χ0) is 14.0. The van der Waals surface area contributed by atoms with Gasteiger partial charge in [-0.3, -0.25) is 9.59 Å². The molecule has 2 rings (SSSR count). The Kier molecular flexibility index (Phi) is 4.14. The van der Waals surface area contributed by atoms with Crippen molar-refractivity contribution in [2.45, 2.75) is 37.1 Å². The Bertz CT molecular complexity index is 506. The molecule has 0 spiro atoms. The third kappa shape index (κ3) is 2.60. The molecule has 0 saturated heterocycles. The SMILES string of the molecule is CSc1nn(C(=O)C2CCCCC2)c(N)c1C(N)=O. The van der Waals surface area contributed by atoms with Crippen LogP contribution in [0.5, 0.6) is 0 Å². The van der Waals surface area contributed by atoms with E-state index in [0.29, 0.717) is 5.03 Å². The Morgan fingerprint density at radius 2 is 1.95 bits per heavy atom. The normalized spacial score (nSPS) is 16.5. The van der Waals surface area contributed by atoms with Gasteiger partial charge >= 0.3 is 0 Å². The molecule has 1 aliphatic rings. The number of thioether (sulfide) groups is 1. The van der Waals surface area contributed by atoms with Crippen LogP contribution in [0.1, 0.15) is 47.3 Å². The standard InChI is InChI=1S/C12H18N4O2S/c1-19-11-8(10(14)17)9(13)16(15-11)12(18)7-5-3-2-4-6-7/h7H,2-6,13H2,1H3,(H2,14,17). The van der Waals surface area contributed by atoms with Gasteiger partial charge in [0.05, 0.1) is 0 Å². The lowest BCUT2D eigenvalue weighted by Crippen LogP contribution is -2.26. The Morgan fingerprint density at radius 3 is 2.42 bits per heavy atom. The quantitative estimate of drug-likeness (QED) is 0.818. The molecule has 19 heavy (non-hydrogen) atoms. The summed E-state index contributed by atoms with van der Waals surface area (Å²) >= 11 is 1.26. The first-order chi connectivity index (χ1) is 9.06. The summed E-state index contributed by atoms with van der Waals surface area (Å²) in [5.41, 5.74) is 11.3. The minimum Gasteiger partial charge on any atom is -0.383 e. The lowest BCUT2D eigenvalue weighted by molar-refractivity contribution is 0.0786. The van der Waals surface area contributed by atoms with Gasteiger partial charge in [0.2, 0.25) is 0 Å². The molecule has 1 saturated carbocycles. The predicted molar refractivity (Wildman–Crippen MR) is 74.1 cm³/mol. The van der Waals surface area contributed by atoms with Crippen molar-refractivity contribution >= 4 is 29.4 Å². The summed E-state index contributed by atoms with van der Waals surface area (Å²) in [4.78, 5) is 23.8. The number of primary amides is 1. The summed E-state index contributed by atoms with van der Waals surface area (Å²) < 4.78 is 1.15. The third-order valence-electron chi connectivity index (χ3n) is 3.49. The minimum absolute atomic E-state index is 0.0496. The average Bonchev–Trinajstić information content (AvgIpc) is 2.76. The number of hydrogen-bond acceptors (Lipinski definition) is 5. The van der Waals surface area contributed by atoms with Gasteiger partial charge in [-0.2, -0.15) is 9.78 Å². The second-order valence-corrected chi connectivity index (χ2v) is 5.51. The first kappa shape index (κ1) is 13.9. The monoisotopic (exact) mass is 282 g/mol. The largest absolute Gasteiger partial charge is 0.383 e. The van der Waals surface area contributed by atoms with E-state index in [4.69, 9.17) is 11.5 Å². The van der Waals surface area contributed by atoms with Crippen molar-refractivity contribution in [1.82, 2.24) is 9.78 Å². The molecule has 1 aliphatic carbocycles. The highest BCUT2D eigenvalue weighted by atomic mass is 32.2. The van der Waals surface area contributed by atoms with E-state index in [-0.39, 0.29) is 23.2 Å². The van der Waals surface area contributed by atoms with E-state index in [1.54, 1.807) is 6.26 Å². The molecule has 0 atom stereocenters. The summed E-state index contributed by atoms with van der Waals surface area (Å²) in [6.45, 7) is 0. The number of nitrogens with two attached hydrogens (primary N) is 2. The molecule has 1 aromatic rings. The zero-order valence-electron chi connectivity index (χ0n) is 10.9. The van der Waals surface area contributed by atoms with E-state index in [1.165, 1.54) is 18.2 Å². The third-order valence-corrected chi connectivity index (χ3v) is 4.16. The number of carbonyl (C=O) groups is 2. The number of carbonyl (C=O) groups excluding carboxylic acids is 2. The molecule has 1 aromatic heterocycles. The fourth-order valence-electron chi connectivity index (χ4n) is 2.48. The topological polar surface area (TPSA) is 104 Å². The van der Waals surface area contributed by atoms with Gasteiger partial charge in [-0.15, -0.1) is 11.8 Å². The number of nitrogen functional groups attached to an aromatic ring is 1. The first-order valence-electron chi connectivity index (χ1n) is 6.32. The van der Waals surface area contributed by atoms with E-state index in [0.717, 1.165) is 30.4 Å². The van der Waals surface area contributed by atoms with E-state index < -0.39 is 5.91 Å². The van der Waals surface area contributed by atoms with Crippen molar-refractivity contribution in [2.75, 3.05) is 12.0 Å². The fourth-order valence-corrected chi connectivity index (χ4v) is 3.05. The van der Waals surface area contributed by atoms with Crippen molar-refractivity contribution < 1.29 is 9.59 Å². The maximum Gasteiger partial charge on any atom is 0.255 e. The average molecular weight is 282 g/mol. The number of amides is 1. The van der Waals surface area contributed by atoms with Gasteiger partial charge in [0, 0.05) is 5.92 Å². The van der Waals surface area contributed by atoms with Crippen LogP contribution in [-0.4, -0.2) is 27.9 Å². The molecular formula is C12H18N4O2S. The molecule has 1 fully saturated rings. The van der Waals surface area contributed by atoms with Gasteiger partial charge in [-0.25, -0.2) is 0 Å². The molecule has 0 radical (unpaired) electrons. The van der Waals surface area contributed by atoms with Gasteiger partial charge in [0.25, 0.3) is 11.8 Å². The lowest BCUT2D eigenvalue weighted by Gasteiger charge is -2.20. The molecule has 0 bridgehead atoms. The molecular weight excluding hydrogens is 264 g/mol. The molecule has 0 aromatic carbocycles. The highest BCUT2D eigenvalue weighted by Gasteiger charge is 2.28. The van der Waals surface area contributed by atoms with Gasteiger partial charge in [-0.1, -0.05) is 19.3 Å². The summed E-state index contributed by atoms with van der Waals surface area (Å²) in [7, 11) is 0. The summed E-state index contributed by atoms with van der Waals surface area (Å²) in [5.74, 6) is -0.761. The first-order valence-corrected chi connectivity index (χ1v) is 7.55. The van der Waals surface area contributed by atoms with Crippen LogP contribution in [0.4, 0.5) is 5.82 Å². The maximum atomic E-state index is 12.4. The Labute approximate surface area is 115 Å².